The standard InChI is InChI=1S/C61H75FN12O7S/c1-35(2)57(61(78)73-33-43(75)25-52(73)60(77)66-36(3)39-9-12-47(49(62)23-39)58-37(4)65-34-82-58)54-29-55(69-81-54)71-21-14-38(15-22-71)30-70-19-16-44(17-20-70)79-45-26-46(27-45)80-56-24-40(13-18-64-56)74-41-10-11-42(74)32-72(31-41)51-28-50(67-68-59(51)63)48-7-5-6-8-53(48)76/h5-9,12-13,18,23-24,28-29,34-36,38,41-46,52,57,75-76H,10-11,14-17,19-22,25-27,30-33H2,1-4H3,(H2,63,68)(H,66,77)/t36-,41?,42?,43+,45?,46?,52-,57+/m0/s1. The number of rotatable bonds is 17. The normalized spacial score (nSPS) is 24.2. The highest BCUT2D eigenvalue weighted by molar-refractivity contribution is 7.13. The first-order valence-electron chi connectivity index (χ1n) is 29.3. The van der Waals surface area contributed by atoms with Gasteiger partial charge >= 0.3 is 0 Å². The molecule has 6 fully saturated rings. The Hall–Kier alpha value is -6.94. The minimum absolute atomic E-state index is 0.0236. The summed E-state index contributed by atoms with van der Waals surface area (Å²) in [7, 11) is 0. The van der Waals surface area contributed by atoms with Gasteiger partial charge in [-0.2, -0.15) is 0 Å². The predicted octanol–water partition coefficient (Wildman–Crippen LogP) is 8.13. The lowest BCUT2D eigenvalue weighted by atomic mass is 9.91. The first-order chi connectivity index (χ1) is 39.7. The number of phenolic OH excluding ortho intramolecular Hbond substituents is 1. The van der Waals surface area contributed by atoms with Gasteiger partial charge in [0.1, 0.15) is 29.6 Å². The molecule has 19 nitrogen and oxygen atoms in total. The molecular formula is C61H75FN12O7S. The zero-order valence-electron chi connectivity index (χ0n) is 47.1. The van der Waals surface area contributed by atoms with Gasteiger partial charge in [0.25, 0.3) is 0 Å². The lowest BCUT2D eigenvalue weighted by Gasteiger charge is -2.43. The maximum absolute atomic E-state index is 15.3. The second kappa shape index (κ2) is 23.7. The van der Waals surface area contributed by atoms with Crippen molar-refractivity contribution in [2.24, 2.45) is 11.8 Å². The maximum atomic E-state index is 15.3. The van der Waals surface area contributed by atoms with Crippen molar-refractivity contribution in [3.05, 3.63) is 101 Å². The van der Waals surface area contributed by atoms with E-state index in [0.29, 0.717) is 63.7 Å². The van der Waals surface area contributed by atoms with Crippen molar-refractivity contribution in [1.29, 1.82) is 0 Å². The molecule has 82 heavy (non-hydrogen) atoms. The number of aromatic hydroxyl groups is 1. The molecule has 9 heterocycles. The van der Waals surface area contributed by atoms with E-state index in [1.807, 2.05) is 51.2 Å². The molecule has 12 rings (SSSR count). The summed E-state index contributed by atoms with van der Waals surface area (Å²) in [4.78, 5) is 49.0. The summed E-state index contributed by atoms with van der Waals surface area (Å²) in [5, 5.41) is 37.3. The molecule has 4 aromatic heterocycles. The number of piperazine rings is 1. The van der Waals surface area contributed by atoms with Crippen LogP contribution in [0.3, 0.4) is 0 Å². The Balaban J connectivity index is 0.566. The summed E-state index contributed by atoms with van der Waals surface area (Å²) in [5.74, 6) is 0.936. The summed E-state index contributed by atoms with van der Waals surface area (Å²) in [6.45, 7) is 13.9. The Morgan fingerprint density at radius 1 is 0.854 bits per heavy atom. The molecule has 5 N–H and O–H groups in total. The van der Waals surface area contributed by atoms with Crippen LogP contribution in [0.15, 0.2) is 83.0 Å². The van der Waals surface area contributed by atoms with Crippen molar-refractivity contribution >= 4 is 46.2 Å². The number of amides is 2. The monoisotopic (exact) mass is 1140 g/mol. The van der Waals surface area contributed by atoms with E-state index in [4.69, 9.17) is 19.7 Å². The van der Waals surface area contributed by atoms with Crippen molar-refractivity contribution in [3.63, 3.8) is 0 Å². The molecule has 2 amide bonds. The van der Waals surface area contributed by atoms with Crippen molar-refractivity contribution in [3.8, 4) is 33.3 Å². The van der Waals surface area contributed by atoms with Crippen LogP contribution in [0.2, 0.25) is 0 Å². The number of β-amino-alcohol motifs (C(OH)–C–C–N with tert-alkyl or cyclic N) is 1. The molecule has 2 aromatic carbocycles. The fraction of sp³-hybridized carbons (Fsp3) is 0.525. The van der Waals surface area contributed by atoms with Gasteiger partial charge in [-0.3, -0.25) is 9.59 Å². The van der Waals surface area contributed by atoms with Gasteiger partial charge in [0.05, 0.1) is 51.8 Å². The minimum atomic E-state index is -0.898. The van der Waals surface area contributed by atoms with E-state index >= 15 is 4.39 Å². The zero-order chi connectivity index (χ0) is 56.8. The number of hydrogen-bond donors (Lipinski definition) is 4. The van der Waals surface area contributed by atoms with E-state index in [1.165, 1.54) is 22.3 Å². The number of anilines is 4. The van der Waals surface area contributed by atoms with Crippen LogP contribution in [0, 0.1) is 24.6 Å². The highest BCUT2D eigenvalue weighted by Gasteiger charge is 2.45. The fourth-order valence-corrected chi connectivity index (χ4v) is 14.3. The number of phenols is 1. The summed E-state index contributed by atoms with van der Waals surface area (Å²) >= 11 is 1.37. The topological polar surface area (TPSA) is 225 Å². The molecule has 6 aliphatic rings. The number of pyridine rings is 1. The van der Waals surface area contributed by atoms with Gasteiger partial charge in [-0.1, -0.05) is 43.3 Å². The van der Waals surface area contributed by atoms with Gasteiger partial charge in [0.15, 0.2) is 17.4 Å². The van der Waals surface area contributed by atoms with Crippen LogP contribution < -0.4 is 30.5 Å². The number of carbonyl (C=O) groups is 2. The van der Waals surface area contributed by atoms with E-state index in [2.05, 4.69) is 62.4 Å². The summed E-state index contributed by atoms with van der Waals surface area (Å²) < 4.78 is 34.3. The molecule has 0 spiro atoms. The number of para-hydroxylation sites is 1. The number of carbonyl (C=O) groups excluding carboxylic acids is 2. The quantitative estimate of drug-likeness (QED) is 0.0676. The summed E-state index contributed by atoms with van der Waals surface area (Å²) in [6, 6.07) is 19.2. The molecule has 1 aliphatic carbocycles. The van der Waals surface area contributed by atoms with Crippen molar-refractivity contribution in [1.82, 2.24) is 40.4 Å². The molecule has 2 unspecified atom stereocenters. The van der Waals surface area contributed by atoms with Crippen molar-refractivity contribution < 1.29 is 38.2 Å². The maximum Gasteiger partial charge on any atom is 0.243 e. The average molecular weight is 1140 g/mol. The van der Waals surface area contributed by atoms with Gasteiger partial charge in [-0.15, -0.1) is 21.5 Å². The Kier molecular flexibility index (Phi) is 16.1. The van der Waals surface area contributed by atoms with Crippen molar-refractivity contribution in [2.45, 2.75) is 140 Å². The largest absolute Gasteiger partial charge is 0.507 e. The van der Waals surface area contributed by atoms with E-state index in [-0.39, 0.29) is 48.9 Å². The number of benzene rings is 2. The lowest BCUT2D eigenvalue weighted by Crippen LogP contribution is -2.54. The van der Waals surface area contributed by atoms with E-state index in [9.17, 15) is 19.8 Å². The number of thiazole rings is 1. The number of ether oxygens (including phenoxy) is 2. The van der Waals surface area contributed by atoms with Gasteiger partial charge < -0.3 is 59.8 Å². The number of nitrogen functional groups attached to an aromatic ring is 1. The summed E-state index contributed by atoms with van der Waals surface area (Å²) in [6.07, 6.45) is 9.57. The lowest BCUT2D eigenvalue weighted by molar-refractivity contribution is -0.141. The molecule has 2 bridgehead atoms. The fourth-order valence-electron chi connectivity index (χ4n) is 13.5. The van der Waals surface area contributed by atoms with Gasteiger partial charge in [-0.05, 0) is 100 Å². The van der Waals surface area contributed by atoms with E-state index in [1.54, 1.807) is 36.7 Å². The number of hydrogen-bond acceptors (Lipinski definition) is 18. The number of fused-ring (bicyclic) bond motifs is 2. The number of aryl methyl sites for hydroxylation is 1. The third kappa shape index (κ3) is 11.7. The number of aliphatic hydroxyl groups excluding tert-OH is 1. The van der Waals surface area contributed by atoms with Gasteiger partial charge in [-0.25, -0.2) is 14.4 Å². The van der Waals surface area contributed by atoms with E-state index < -0.39 is 35.8 Å². The molecule has 5 aliphatic heterocycles. The number of nitrogens with one attached hydrogen (secondary N) is 1. The van der Waals surface area contributed by atoms with Crippen LogP contribution >= 0.6 is 11.3 Å². The number of nitrogens with zero attached hydrogens (tertiary/aromatic N) is 10. The minimum Gasteiger partial charge on any atom is -0.507 e. The third-order valence-corrected chi connectivity index (χ3v) is 19.0. The van der Waals surface area contributed by atoms with Crippen LogP contribution in [-0.4, -0.2) is 152 Å². The molecule has 6 atom stereocenters. The highest BCUT2D eigenvalue weighted by atomic mass is 32.1. The molecule has 21 heteroatoms. The van der Waals surface area contributed by atoms with Crippen LogP contribution in [-0.2, 0) is 14.3 Å². The Bertz CT molecular complexity index is 3220. The first kappa shape index (κ1) is 55.6. The van der Waals surface area contributed by atoms with Crippen molar-refractivity contribution in [2.75, 3.05) is 72.8 Å². The molecule has 434 valence electrons. The zero-order valence-corrected chi connectivity index (χ0v) is 48.0. The van der Waals surface area contributed by atoms with Crippen LogP contribution in [0.4, 0.5) is 27.4 Å². The van der Waals surface area contributed by atoms with Crippen LogP contribution in [0.25, 0.3) is 21.7 Å². The number of nitrogens with two attached hydrogens (primary N) is 1. The molecular weight excluding hydrogens is 1060 g/mol. The second-order valence-electron chi connectivity index (χ2n) is 23.9. The molecule has 5 saturated heterocycles. The SMILES string of the molecule is Cc1ncsc1-c1ccc([C@H](C)NC(=O)[C@@H]2C[C@@H](O)CN2C(=O)[C@@H](c2cc(N3CCC(CN4CCC(OC5CC(Oc6cc(N7C8CCC7CN(c7cc(-c9ccccc9O)nnc7N)C8)ccn6)C5)CC4)CC3)no2)C(C)C)cc1F. The first-order valence-corrected chi connectivity index (χ1v) is 30.2. The Morgan fingerprint density at radius 2 is 1.62 bits per heavy atom. The average Bonchev–Trinajstić information content (AvgIpc) is 4.29. The van der Waals surface area contributed by atoms with E-state index in [0.717, 1.165) is 119 Å². The second-order valence-corrected chi connectivity index (χ2v) is 24.8. The summed E-state index contributed by atoms with van der Waals surface area (Å²) in [5.41, 5.74) is 13.1. The predicted molar refractivity (Wildman–Crippen MR) is 311 cm³/mol. The Labute approximate surface area is 482 Å². The van der Waals surface area contributed by atoms with Crippen LogP contribution in [0.1, 0.15) is 108 Å². The third-order valence-electron chi connectivity index (χ3n) is 18.0. The molecule has 1 saturated carbocycles. The highest BCUT2D eigenvalue weighted by Crippen LogP contribution is 2.41. The molecule has 6 aromatic rings. The number of aromatic nitrogens is 5. The van der Waals surface area contributed by atoms with Crippen LogP contribution in [0.5, 0.6) is 11.6 Å². The molecule has 0 radical (unpaired) electrons. The smallest absolute Gasteiger partial charge is 0.243 e. The van der Waals surface area contributed by atoms with Gasteiger partial charge in [0, 0.05) is 119 Å². The van der Waals surface area contributed by atoms with Gasteiger partial charge in [0.2, 0.25) is 17.7 Å². The number of aliphatic hydroxyl groups is 1. The number of piperidine rings is 2. The Morgan fingerprint density at radius 3 is 2.34 bits per heavy atom. The number of likely N-dealkylation sites (tertiary alicyclic amines) is 2. The number of halogens is 1.